The summed E-state index contributed by atoms with van der Waals surface area (Å²) in [5.74, 6) is 0. The predicted octanol–water partition coefficient (Wildman–Crippen LogP) is 5.55. The Morgan fingerprint density at radius 2 is 0.774 bits per heavy atom. The molecule has 150 valence electrons. The van der Waals surface area contributed by atoms with E-state index in [-0.39, 0.29) is 35.3 Å². The molecule has 0 aliphatic heterocycles. The molecule has 0 saturated heterocycles. The Kier molecular flexibility index (Phi) is 13.6. The second-order valence-corrected chi connectivity index (χ2v) is 5.77. The van der Waals surface area contributed by atoms with Gasteiger partial charge in [0, 0.05) is 11.1 Å². The van der Waals surface area contributed by atoms with Gasteiger partial charge in [-0.05, 0) is 12.1 Å². The molecular formula is C26H20N2O2Sn. The summed E-state index contributed by atoms with van der Waals surface area (Å²) in [4.78, 5) is 0. The van der Waals surface area contributed by atoms with E-state index in [1.54, 1.807) is 48.5 Å². The predicted molar refractivity (Wildman–Crippen MR) is 129 cm³/mol. The van der Waals surface area contributed by atoms with Gasteiger partial charge in [0.1, 0.15) is 0 Å². The summed E-state index contributed by atoms with van der Waals surface area (Å²) in [7, 11) is 0. The van der Waals surface area contributed by atoms with Crippen LogP contribution in [0.3, 0.4) is 0 Å². The van der Waals surface area contributed by atoms with Crippen LogP contribution in [0.5, 0.6) is 0 Å². The van der Waals surface area contributed by atoms with Crippen LogP contribution in [-0.4, -0.2) is 35.3 Å². The maximum Gasteiger partial charge on any atom is 2.00 e. The van der Waals surface area contributed by atoms with E-state index in [1.807, 2.05) is 72.8 Å². The van der Waals surface area contributed by atoms with Gasteiger partial charge in [-0.1, -0.05) is 121 Å². The zero-order valence-electron chi connectivity index (χ0n) is 16.8. The van der Waals surface area contributed by atoms with Gasteiger partial charge in [0.25, 0.3) is 0 Å². The molecule has 0 fully saturated rings. The standard InChI is InChI=1S/C14H12N2O2.2C6H5.Sn/c17-15-13(11-7-3-1-4-8-11)14(16-18)12-9-5-2-6-10-12;2*1-2-4-6-5-3-1;/h1-10,17-18H;2*1-5H;/q;;;+2/p-2/b15-13+,16-14+;;;. The van der Waals surface area contributed by atoms with Gasteiger partial charge in [0.2, 0.25) is 0 Å². The van der Waals surface area contributed by atoms with Gasteiger partial charge in [-0.15, -0.1) is 0 Å². The zero-order chi connectivity index (χ0) is 21.3. The van der Waals surface area contributed by atoms with Crippen LogP contribution in [0.15, 0.2) is 132 Å². The SMILES string of the molecule is [O-]/N=C(/C(=N/[O-])c1ccccc1)c1ccccc1.[Sn+2].[c]1ccccc1.[c]1ccccc1. The summed E-state index contributed by atoms with van der Waals surface area (Å²) in [6.45, 7) is 0. The summed E-state index contributed by atoms with van der Waals surface area (Å²) >= 11 is 0. The van der Waals surface area contributed by atoms with Crippen molar-refractivity contribution >= 4 is 35.3 Å². The molecule has 4 aromatic carbocycles. The molecule has 0 aliphatic rings. The first kappa shape index (κ1) is 25.7. The Morgan fingerprint density at radius 3 is 0.968 bits per heavy atom. The number of benzene rings is 4. The molecule has 5 heteroatoms. The molecule has 0 heterocycles. The molecule has 4 nitrogen and oxygen atoms in total. The maximum atomic E-state index is 11.0. The summed E-state index contributed by atoms with van der Waals surface area (Å²) < 4.78 is 0. The first-order valence-electron chi connectivity index (χ1n) is 9.21. The van der Waals surface area contributed by atoms with E-state index in [2.05, 4.69) is 22.4 Å². The topological polar surface area (TPSA) is 70.8 Å². The van der Waals surface area contributed by atoms with E-state index in [4.69, 9.17) is 0 Å². The summed E-state index contributed by atoms with van der Waals surface area (Å²) in [5.41, 5.74) is 1.26. The third-order valence-corrected chi connectivity index (χ3v) is 3.72. The fraction of sp³-hybridized carbons (Fsp3) is 0. The van der Waals surface area contributed by atoms with Crippen molar-refractivity contribution in [1.82, 2.24) is 0 Å². The van der Waals surface area contributed by atoms with Crippen molar-refractivity contribution in [2.75, 3.05) is 0 Å². The first-order chi connectivity index (χ1) is 14.9. The van der Waals surface area contributed by atoms with Crippen molar-refractivity contribution in [3.05, 3.63) is 155 Å². The molecule has 0 bridgehead atoms. The molecule has 0 spiro atoms. The van der Waals surface area contributed by atoms with Crippen molar-refractivity contribution in [3.8, 4) is 0 Å². The van der Waals surface area contributed by atoms with Crippen molar-refractivity contribution in [2.24, 2.45) is 10.3 Å². The molecule has 0 unspecified atom stereocenters. The van der Waals surface area contributed by atoms with Gasteiger partial charge in [-0.3, -0.25) is 0 Å². The van der Waals surface area contributed by atoms with Gasteiger partial charge in [-0.2, -0.15) is 0 Å². The molecule has 31 heavy (non-hydrogen) atoms. The number of hydrogen-bond acceptors (Lipinski definition) is 4. The summed E-state index contributed by atoms with van der Waals surface area (Å²) in [6.07, 6.45) is 0. The molecule has 4 aromatic rings. The second-order valence-electron chi connectivity index (χ2n) is 5.77. The Labute approximate surface area is 200 Å². The third-order valence-electron chi connectivity index (χ3n) is 3.72. The van der Waals surface area contributed by atoms with E-state index in [0.717, 1.165) is 0 Å². The molecule has 0 saturated carbocycles. The van der Waals surface area contributed by atoms with Gasteiger partial charge < -0.3 is 20.7 Å². The van der Waals surface area contributed by atoms with E-state index >= 15 is 0 Å². The van der Waals surface area contributed by atoms with Crippen LogP contribution in [-0.2, 0) is 0 Å². The quantitative estimate of drug-likeness (QED) is 0.206. The Bertz CT molecular complexity index is 856. The molecule has 4 radical (unpaired) electrons. The number of hydrogen-bond donors (Lipinski definition) is 0. The smallest absolute Gasteiger partial charge is 0.791 e. The normalized spacial score (nSPS) is 10.3. The molecule has 0 N–H and O–H groups in total. The molecule has 0 aliphatic carbocycles. The first-order valence-corrected chi connectivity index (χ1v) is 9.21. The Morgan fingerprint density at radius 1 is 0.484 bits per heavy atom. The third kappa shape index (κ3) is 9.78. The van der Waals surface area contributed by atoms with Gasteiger partial charge in [-0.25, -0.2) is 0 Å². The van der Waals surface area contributed by atoms with Crippen LogP contribution in [0.25, 0.3) is 0 Å². The van der Waals surface area contributed by atoms with Crippen molar-refractivity contribution < 1.29 is 0 Å². The molecule has 0 aromatic heterocycles. The average Bonchev–Trinajstić information content (AvgIpc) is 2.86. The van der Waals surface area contributed by atoms with E-state index in [9.17, 15) is 10.4 Å². The minimum absolute atomic E-state index is 0. The fourth-order valence-electron chi connectivity index (χ4n) is 2.34. The molecule has 0 atom stereocenters. The van der Waals surface area contributed by atoms with E-state index < -0.39 is 0 Å². The fourth-order valence-corrected chi connectivity index (χ4v) is 2.34. The number of nitrogens with zero attached hydrogens (tertiary/aromatic N) is 2. The Hall–Kier alpha value is -3.38. The largest absolute Gasteiger partial charge is 2.00 e. The monoisotopic (exact) mass is 512 g/mol. The summed E-state index contributed by atoms with van der Waals surface area (Å²) in [6, 6.07) is 42.6. The van der Waals surface area contributed by atoms with Gasteiger partial charge in [0.05, 0.1) is 11.4 Å². The van der Waals surface area contributed by atoms with Crippen molar-refractivity contribution in [1.29, 1.82) is 0 Å². The second kappa shape index (κ2) is 16.4. The van der Waals surface area contributed by atoms with Crippen LogP contribution < -0.4 is 0 Å². The number of rotatable bonds is 3. The maximum absolute atomic E-state index is 11.0. The van der Waals surface area contributed by atoms with Crippen LogP contribution in [0, 0.1) is 22.5 Å². The van der Waals surface area contributed by atoms with E-state index in [1.165, 1.54) is 0 Å². The zero-order valence-corrected chi connectivity index (χ0v) is 19.6. The van der Waals surface area contributed by atoms with Gasteiger partial charge >= 0.3 is 23.9 Å². The van der Waals surface area contributed by atoms with E-state index in [0.29, 0.717) is 11.1 Å². The molecule has 0 amide bonds. The molecular weight excluding hydrogens is 491 g/mol. The van der Waals surface area contributed by atoms with Crippen LogP contribution >= 0.6 is 0 Å². The van der Waals surface area contributed by atoms with Crippen LogP contribution in [0.2, 0.25) is 0 Å². The molecule has 4 rings (SSSR count). The van der Waals surface area contributed by atoms with Gasteiger partial charge in [0.15, 0.2) is 0 Å². The van der Waals surface area contributed by atoms with Crippen LogP contribution in [0.4, 0.5) is 0 Å². The average molecular weight is 511 g/mol. The van der Waals surface area contributed by atoms with Crippen LogP contribution in [0.1, 0.15) is 11.1 Å². The summed E-state index contributed by atoms with van der Waals surface area (Å²) in [5, 5.41) is 27.8. The Balaban J connectivity index is 0.000000301. The van der Waals surface area contributed by atoms with Crippen molar-refractivity contribution in [3.63, 3.8) is 0 Å². The minimum Gasteiger partial charge on any atom is -0.791 e. The minimum atomic E-state index is 0. The van der Waals surface area contributed by atoms with Crippen molar-refractivity contribution in [2.45, 2.75) is 0 Å².